The third-order valence-electron chi connectivity index (χ3n) is 2.16. The molecule has 0 radical (unpaired) electrons. The summed E-state index contributed by atoms with van der Waals surface area (Å²) in [7, 11) is 0. The Kier molecular flexibility index (Phi) is 2.98. The molecular formula is C12H10O2S. The van der Waals surface area contributed by atoms with Crippen LogP contribution in [0.15, 0.2) is 18.2 Å². The van der Waals surface area contributed by atoms with Crippen LogP contribution in [-0.2, 0) is 11.3 Å². The van der Waals surface area contributed by atoms with Gasteiger partial charge in [0.15, 0.2) is 0 Å². The minimum atomic E-state index is -0.247. The number of hydrogen-bond donors (Lipinski definition) is 1. The zero-order chi connectivity index (χ0) is 10.7. The molecule has 0 aliphatic carbocycles. The summed E-state index contributed by atoms with van der Waals surface area (Å²) in [5.74, 6) is 6.47. The Bertz CT molecular complexity index is 454. The number of esters is 1. The van der Waals surface area contributed by atoms with Gasteiger partial charge in [0.1, 0.15) is 6.61 Å². The molecule has 0 bridgehead atoms. The molecule has 0 spiro atoms. The molecule has 0 aromatic heterocycles. The minimum Gasteiger partial charge on any atom is -0.457 e. The summed E-state index contributed by atoms with van der Waals surface area (Å²) < 4.78 is 4.90. The van der Waals surface area contributed by atoms with E-state index in [1.54, 1.807) is 6.07 Å². The van der Waals surface area contributed by atoms with Gasteiger partial charge in [-0.25, -0.2) is 4.79 Å². The highest BCUT2D eigenvalue weighted by atomic mass is 32.1. The molecule has 0 atom stereocenters. The average Bonchev–Trinajstić information content (AvgIpc) is 2.61. The molecule has 1 aromatic rings. The maximum Gasteiger partial charge on any atom is 0.338 e. The van der Waals surface area contributed by atoms with Crippen molar-refractivity contribution in [2.24, 2.45) is 0 Å². The molecule has 15 heavy (non-hydrogen) atoms. The number of rotatable bonds is 1. The second kappa shape index (κ2) is 4.41. The van der Waals surface area contributed by atoms with Crippen LogP contribution in [0.25, 0.3) is 0 Å². The van der Waals surface area contributed by atoms with Crippen LogP contribution in [0.1, 0.15) is 27.9 Å². The molecule has 0 saturated carbocycles. The number of ether oxygens (including phenoxy) is 1. The maximum absolute atomic E-state index is 11.3. The van der Waals surface area contributed by atoms with Crippen molar-refractivity contribution in [1.82, 2.24) is 0 Å². The van der Waals surface area contributed by atoms with Crippen LogP contribution in [0, 0.1) is 11.8 Å². The van der Waals surface area contributed by atoms with Gasteiger partial charge >= 0.3 is 5.97 Å². The Balaban J connectivity index is 2.27. The van der Waals surface area contributed by atoms with Crippen LogP contribution in [0.3, 0.4) is 0 Å². The summed E-state index contributed by atoms with van der Waals surface area (Å²) in [6.07, 6.45) is 0.755. The Hall–Kier alpha value is -1.40. The average molecular weight is 218 g/mol. The zero-order valence-corrected chi connectivity index (χ0v) is 9.01. The molecule has 76 valence electrons. The van der Waals surface area contributed by atoms with Gasteiger partial charge in [-0.3, -0.25) is 0 Å². The fraction of sp³-hybridized carbons (Fsp3) is 0.250. The van der Waals surface area contributed by atoms with Gasteiger partial charge in [0.05, 0.1) is 5.56 Å². The van der Waals surface area contributed by atoms with E-state index in [0.29, 0.717) is 12.2 Å². The van der Waals surface area contributed by atoms with Gasteiger partial charge in [0.25, 0.3) is 0 Å². The van der Waals surface area contributed by atoms with Crippen molar-refractivity contribution >= 4 is 18.6 Å². The van der Waals surface area contributed by atoms with Crippen LogP contribution < -0.4 is 0 Å². The molecule has 0 N–H and O–H groups in total. The number of benzene rings is 1. The molecule has 1 aliphatic heterocycles. The van der Waals surface area contributed by atoms with Crippen LogP contribution >= 0.6 is 12.6 Å². The van der Waals surface area contributed by atoms with E-state index in [0.717, 1.165) is 23.3 Å². The summed E-state index contributed by atoms with van der Waals surface area (Å²) in [4.78, 5) is 11.3. The van der Waals surface area contributed by atoms with E-state index >= 15 is 0 Å². The molecule has 0 unspecified atom stereocenters. The number of thiol groups is 1. The zero-order valence-electron chi connectivity index (χ0n) is 8.12. The second-order valence-electron chi connectivity index (χ2n) is 3.22. The van der Waals surface area contributed by atoms with Gasteiger partial charge < -0.3 is 4.74 Å². The van der Waals surface area contributed by atoms with E-state index in [1.165, 1.54) is 0 Å². The molecule has 2 nitrogen and oxygen atoms in total. The van der Waals surface area contributed by atoms with Crippen molar-refractivity contribution in [2.45, 2.75) is 13.0 Å². The van der Waals surface area contributed by atoms with E-state index in [4.69, 9.17) is 4.74 Å². The molecule has 1 aromatic carbocycles. The lowest BCUT2D eigenvalue weighted by atomic mass is 10.1. The monoisotopic (exact) mass is 218 g/mol. The smallest absolute Gasteiger partial charge is 0.338 e. The first-order valence-electron chi connectivity index (χ1n) is 4.71. The minimum absolute atomic E-state index is 0.247. The van der Waals surface area contributed by atoms with Crippen LogP contribution in [0.2, 0.25) is 0 Å². The predicted molar refractivity (Wildman–Crippen MR) is 60.9 cm³/mol. The Morgan fingerprint density at radius 1 is 1.47 bits per heavy atom. The molecule has 2 rings (SSSR count). The first kappa shape index (κ1) is 10.1. The van der Waals surface area contributed by atoms with Crippen LogP contribution in [0.4, 0.5) is 0 Å². The lowest BCUT2D eigenvalue weighted by molar-refractivity contribution is 0.0535. The second-order valence-corrected chi connectivity index (χ2v) is 3.67. The first-order chi connectivity index (χ1) is 7.31. The van der Waals surface area contributed by atoms with Gasteiger partial charge in [-0.2, -0.15) is 12.6 Å². The molecule has 3 heteroatoms. The van der Waals surface area contributed by atoms with Gasteiger partial charge in [0, 0.05) is 23.3 Å². The summed E-state index contributed by atoms with van der Waals surface area (Å²) in [5.41, 5.74) is 2.45. The quantitative estimate of drug-likeness (QED) is 0.443. The van der Waals surface area contributed by atoms with Crippen molar-refractivity contribution in [1.29, 1.82) is 0 Å². The van der Waals surface area contributed by atoms with Crippen molar-refractivity contribution in [3.8, 4) is 11.8 Å². The van der Waals surface area contributed by atoms with E-state index in [9.17, 15) is 4.79 Å². The van der Waals surface area contributed by atoms with E-state index in [2.05, 4.69) is 24.5 Å². The number of fused-ring (bicyclic) bond motifs is 1. The molecule has 0 fully saturated rings. The maximum atomic E-state index is 11.3. The molecule has 0 saturated heterocycles. The lowest BCUT2D eigenvalue weighted by Gasteiger charge is -1.94. The largest absolute Gasteiger partial charge is 0.457 e. The Morgan fingerprint density at radius 3 is 3.13 bits per heavy atom. The highest BCUT2D eigenvalue weighted by molar-refractivity contribution is 7.80. The Labute approximate surface area is 94.0 Å². The van der Waals surface area contributed by atoms with Gasteiger partial charge in [-0.05, 0) is 12.1 Å². The summed E-state index contributed by atoms with van der Waals surface area (Å²) in [6, 6.07) is 5.59. The van der Waals surface area contributed by atoms with E-state index in [-0.39, 0.29) is 5.97 Å². The van der Waals surface area contributed by atoms with Crippen molar-refractivity contribution in [3.05, 3.63) is 34.9 Å². The molecule has 1 aliphatic rings. The first-order valence-corrected chi connectivity index (χ1v) is 5.34. The van der Waals surface area contributed by atoms with Gasteiger partial charge in [-0.15, -0.1) is 0 Å². The summed E-state index contributed by atoms with van der Waals surface area (Å²) >= 11 is 4.07. The fourth-order valence-corrected chi connectivity index (χ4v) is 1.52. The number of carbonyl (C=O) groups is 1. The third-order valence-corrected chi connectivity index (χ3v) is 2.38. The highest BCUT2D eigenvalue weighted by Crippen LogP contribution is 2.20. The normalized spacial score (nSPS) is 12.7. The summed E-state index contributed by atoms with van der Waals surface area (Å²) in [6.45, 7) is 0.387. The number of cyclic esters (lactones) is 1. The number of carbonyl (C=O) groups excluding carboxylic acids is 1. The lowest BCUT2D eigenvalue weighted by Crippen LogP contribution is -1.93. The fourth-order valence-electron chi connectivity index (χ4n) is 1.41. The SMILES string of the molecule is O=C1OCc2ccc(C#CCCS)cc21. The highest BCUT2D eigenvalue weighted by Gasteiger charge is 2.20. The van der Waals surface area contributed by atoms with E-state index in [1.807, 2.05) is 12.1 Å². The predicted octanol–water partition coefficient (Wildman–Crippen LogP) is 2.03. The van der Waals surface area contributed by atoms with Crippen LogP contribution in [0.5, 0.6) is 0 Å². The van der Waals surface area contributed by atoms with Crippen molar-refractivity contribution < 1.29 is 9.53 Å². The molecule has 0 amide bonds. The van der Waals surface area contributed by atoms with Crippen molar-refractivity contribution in [3.63, 3.8) is 0 Å². The Morgan fingerprint density at radius 2 is 2.33 bits per heavy atom. The summed E-state index contributed by atoms with van der Waals surface area (Å²) in [5, 5.41) is 0. The molecule has 1 heterocycles. The van der Waals surface area contributed by atoms with Gasteiger partial charge in [-0.1, -0.05) is 17.9 Å². The van der Waals surface area contributed by atoms with Crippen LogP contribution in [-0.4, -0.2) is 11.7 Å². The van der Waals surface area contributed by atoms with Gasteiger partial charge in [0.2, 0.25) is 0 Å². The third kappa shape index (κ3) is 2.16. The number of hydrogen-bond acceptors (Lipinski definition) is 3. The van der Waals surface area contributed by atoms with Crippen molar-refractivity contribution in [2.75, 3.05) is 5.75 Å². The van der Waals surface area contributed by atoms with E-state index < -0.39 is 0 Å². The molecular weight excluding hydrogens is 208 g/mol. The topological polar surface area (TPSA) is 26.3 Å². The standard InChI is InChI=1S/C12H10O2S/c13-12-11-7-9(3-1-2-6-15)4-5-10(11)8-14-12/h4-5,7,15H,2,6,8H2.